The number of carbonyl (C=O) groups is 3. The molecular weight excluding hydrogens is 661 g/mol. The first-order chi connectivity index (χ1) is 23.6. The summed E-state index contributed by atoms with van der Waals surface area (Å²) in [5.41, 5.74) is 0.569. The summed E-state index contributed by atoms with van der Waals surface area (Å²) in [6.07, 6.45) is 6.96. The van der Waals surface area contributed by atoms with Gasteiger partial charge in [0.15, 0.2) is 0 Å². The number of nitrogens with zero attached hydrogens (tertiary/aromatic N) is 3. The number of nitrogens with one attached hydrogen (secondary N) is 2. The van der Waals surface area contributed by atoms with Crippen LogP contribution >= 0.6 is 23.2 Å². The molecule has 49 heavy (non-hydrogen) atoms. The molecule has 2 N–H and O–H groups in total. The smallest absolute Gasteiger partial charge is 0.246 e. The van der Waals surface area contributed by atoms with Gasteiger partial charge < -0.3 is 25.2 Å². The third kappa shape index (κ3) is 6.89. The molecule has 8 atom stereocenters. The first-order valence-corrected chi connectivity index (χ1v) is 18.6. The Bertz CT molecular complexity index is 1560. The van der Waals surface area contributed by atoms with E-state index in [1.807, 2.05) is 18.2 Å². The maximum Gasteiger partial charge on any atom is 0.246 e. The second-order valence-corrected chi connectivity index (χ2v) is 15.6. The fourth-order valence-corrected chi connectivity index (χ4v) is 9.41. The molecule has 4 heterocycles. The predicted octanol–water partition coefficient (Wildman–Crippen LogP) is 5.23. The molecule has 4 fully saturated rings. The van der Waals surface area contributed by atoms with Gasteiger partial charge >= 0.3 is 0 Å². The lowest BCUT2D eigenvalue weighted by molar-refractivity contribution is -0.141. The molecule has 1 saturated carbocycles. The minimum atomic E-state index is -1.20. The van der Waals surface area contributed by atoms with Crippen molar-refractivity contribution in [1.82, 2.24) is 20.0 Å². The average Bonchev–Trinajstić information content (AvgIpc) is 3.71. The highest BCUT2D eigenvalue weighted by Gasteiger charge is 2.72. The summed E-state index contributed by atoms with van der Waals surface area (Å²) in [7, 11) is 0. The van der Waals surface area contributed by atoms with Gasteiger partial charge in [0.25, 0.3) is 0 Å². The maximum absolute atomic E-state index is 14.5. The largest absolute Gasteiger partial charge is 0.359 e. The number of benzene rings is 2. The number of fused-ring (bicyclic) bond motifs is 1. The molecular formula is C38H47Cl2N5O4. The SMILES string of the molecule is CC1CCCC(NC(=O)C2N(CCCN3CCN(Cc4ccccc4)CC3)C(=O)C3C(C(=O)Nc4cc(Cl)cc(Cl)c4)C4C=CC32O4)C1C. The highest BCUT2D eigenvalue weighted by molar-refractivity contribution is 6.35. The average molecular weight is 709 g/mol. The van der Waals surface area contributed by atoms with E-state index >= 15 is 0 Å². The molecule has 7 rings (SSSR count). The molecule has 2 aromatic rings. The molecule has 5 aliphatic rings. The molecule has 3 amide bonds. The van der Waals surface area contributed by atoms with Gasteiger partial charge in [-0.2, -0.15) is 0 Å². The van der Waals surface area contributed by atoms with Crippen LogP contribution in [0.15, 0.2) is 60.7 Å². The van der Waals surface area contributed by atoms with E-state index < -0.39 is 29.6 Å². The summed E-state index contributed by atoms with van der Waals surface area (Å²) in [6.45, 7) is 10.5. The maximum atomic E-state index is 14.5. The topological polar surface area (TPSA) is 94.2 Å². The Kier molecular flexibility index (Phi) is 10.1. The lowest BCUT2D eigenvalue weighted by Crippen LogP contribution is -2.58. The fraction of sp³-hybridized carbons (Fsp3) is 0.553. The lowest BCUT2D eigenvalue weighted by atomic mass is 9.73. The highest BCUT2D eigenvalue weighted by atomic mass is 35.5. The molecule has 11 heteroatoms. The number of carbonyl (C=O) groups excluding carboxylic acids is 3. The van der Waals surface area contributed by atoms with E-state index in [2.05, 4.69) is 58.5 Å². The van der Waals surface area contributed by atoms with Crippen molar-refractivity contribution in [1.29, 1.82) is 0 Å². The second kappa shape index (κ2) is 14.3. The zero-order valence-electron chi connectivity index (χ0n) is 28.3. The van der Waals surface area contributed by atoms with Crippen molar-refractivity contribution < 1.29 is 19.1 Å². The molecule has 2 bridgehead atoms. The van der Waals surface area contributed by atoms with Crippen LogP contribution in [0.3, 0.4) is 0 Å². The minimum absolute atomic E-state index is 0.0325. The summed E-state index contributed by atoms with van der Waals surface area (Å²) >= 11 is 12.4. The van der Waals surface area contributed by atoms with Crippen molar-refractivity contribution in [3.63, 3.8) is 0 Å². The van der Waals surface area contributed by atoms with Crippen molar-refractivity contribution >= 4 is 46.6 Å². The summed E-state index contributed by atoms with van der Waals surface area (Å²) < 4.78 is 6.57. The standard InChI is InChI=1S/C38H47Cl2N5O4/c1-24-8-6-11-30(25(24)2)42-36(47)34-38-13-12-31(49-38)32(35(46)41-29-21-27(39)20-28(40)22-29)33(38)37(48)45(34)15-7-14-43-16-18-44(19-17-43)23-26-9-4-3-5-10-26/h3-5,9-10,12-13,20-22,24-25,30-34H,6-8,11,14-19,23H2,1-2H3,(H,41,46)(H,42,47). The van der Waals surface area contributed by atoms with Crippen LogP contribution in [0.2, 0.25) is 10.0 Å². The quantitative estimate of drug-likeness (QED) is 0.329. The molecule has 2 aromatic carbocycles. The Balaban J connectivity index is 1.06. The lowest BCUT2D eigenvalue weighted by Gasteiger charge is -2.38. The number of likely N-dealkylation sites (tertiary alicyclic amines) is 1. The normalized spacial score (nSPS) is 32.8. The number of hydrogen-bond acceptors (Lipinski definition) is 6. The first-order valence-electron chi connectivity index (χ1n) is 17.9. The third-order valence-electron chi connectivity index (χ3n) is 11.7. The van der Waals surface area contributed by atoms with Crippen LogP contribution in [0.5, 0.6) is 0 Å². The molecule has 4 aliphatic heterocycles. The van der Waals surface area contributed by atoms with E-state index in [0.717, 1.165) is 65.0 Å². The van der Waals surface area contributed by atoms with Gasteiger partial charge in [0.1, 0.15) is 11.6 Å². The molecule has 1 spiro atoms. The fourth-order valence-electron chi connectivity index (χ4n) is 8.88. The Morgan fingerprint density at radius 3 is 2.39 bits per heavy atom. The molecule has 3 saturated heterocycles. The monoisotopic (exact) mass is 707 g/mol. The van der Waals surface area contributed by atoms with Crippen molar-refractivity contribution in [2.45, 2.75) is 69.9 Å². The van der Waals surface area contributed by atoms with Gasteiger partial charge in [-0.25, -0.2) is 0 Å². The Morgan fingerprint density at radius 2 is 1.65 bits per heavy atom. The molecule has 0 aromatic heterocycles. The molecule has 1 aliphatic carbocycles. The van der Waals surface area contributed by atoms with E-state index in [0.29, 0.717) is 34.1 Å². The number of piperazine rings is 1. The number of hydrogen-bond donors (Lipinski definition) is 2. The summed E-state index contributed by atoms with van der Waals surface area (Å²) in [5.74, 6) is -1.50. The number of rotatable bonds is 10. The van der Waals surface area contributed by atoms with E-state index in [4.69, 9.17) is 27.9 Å². The van der Waals surface area contributed by atoms with Crippen LogP contribution in [0.25, 0.3) is 0 Å². The Labute approximate surface area is 299 Å². The second-order valence-electron chi connectivity index (χ2n) is 14.7. The summed E-state index contributed by atoms with van der Waals surface area (Å²) in [4.78, 5) is 49.3. The van der Waals surface area contributed by atoms with Crippen LogP contribution in [-0.2, 0) is 25.7 Å². The number of ether oxygens (including phenoxy) is 1. The Hall–Kier alpha value is -2.95. The van der Waals surface area contributed by atoms with Crippen LogP contribution in [0.4, 0.5) is 5.69 Å². The summed E-state index contributed by atoms with van der Waals surface area (Å²) in [6, 6.07) is 14.6. The van der Waals surface area contributed by atoms with Crippen LogP contribution in [0, 0.1) is 23.7 Å². The van der Waals surface area contributed by atoms with Crippen LogP contribution in [0.1, 0.15) is 45.1 Å². The van der Waals surface area contributed by atoms with E-state index in [-0.39, 0.29) is 23.8 Å². The van der Waals surface area contributed by atoms with Crippen molar-refractivity contribution in [2.24, 2.45) is 23.7 Å². The van der Waals surface area contributed by atoms with Gasteiger partial charge in [-0.3, -0.25) is 19.3 Å². The molecule has 9 nitrogen and oxygen atoms in total. The predicted molar refractivity (Wildman–Crippen MR) is 191 cm³/mol. The van der Waals surface area contributed by atoms with E-state index in [1.54, 1.807) is 23.1 Å². The zero-order chi connectivity index (χ0) is 34.3. The zero-order valence-corrected chi connectivity index (χ0v) is 29.8. The highest BCUT2D eigenvalue weighted by Crippen LogP contribution is 2.55. The van der Waals surface area contributed by atoms with Gasteiger partial charge in [-0.15, -0.1) is 0 Å². The van der Waals surface area contributed by atoms with E-state index in [9.17, 15) is 14.4 Å². The van der Waals surface area contributed by atoms with Crippen LogP contribution in [-0.4, -0.2) is 95.5 Å². The van der Waals surface area contributed by atoms with Gasteiger partial charge in [0.05, 0.1) is 17.9 Å². The third-order valence-corrected chi connectivity index (χ3v) is 12.1. The van der Waals surface area contributed by atoms with Gasteiger partial charge in [-0.05, 0) is 55.0 Å². The summed E-state index contributed by atoms with van der Waals surface area (Å²) in [5, 5.41) is 7.06. The van der Waals surface area contributed by atoms with Gasteiger partial charge in [0, 0.05) is 61.0 Å². The van der Waals surface area contributed by atoms with E-state index in [1.165, 1.54) is 5.56 Å². The van der Waals surface area contributed by atoms with Crippen LogP contribution < -0.4 is 10.6 Å². The minimum Gasteiger partial charge on any atom is -0.359 e. The number of anilines is 1. The van der Waals surface area contributed by atoms with Crippen molar-refractivity contribution in [3.8, 4) is 0 Å². The Morgan fingerprint density at radius 1 is 0.939 bits per heavy atom. The molecule has 8 unspecified atom stereocenters. The van der Waals surface area contributed by atoms with Gasteiger partial charge in [0.2, 0.25) is 17.7 Å². The number of amides is 3. The number of halogens is 2. The molecule has 262 valence electrons. The molecule has 0 radical (unpaired) electrons. The van der Waals surface area contributed by atoms with Gasteiger partial charge in [-0.1, -0.05) is 92.4 Å². The van der Waals surface area contributed by atoms with Crippen molar-refractivity contribution in [2.75, 3.05) is 44.6 Å². The first kappa shape index (κ1) is 34.5. The van der Waals surface area contributed by atoms with Crippen molar-refractivity contribution in [3.05, 3.63) is 76.3 Å².